The molecule has 4 N–H and O–H groups in total. The minimum Gasteiger partial charge on any atom is -0.459 e. The fourth-order valence-corrected chi connectivity index (χ4v) is 15.1. The van der Waals surface area contributed by atoms with Crippen LogP contribution in [0.25, 0.3) is 0 Å². The average molecular weight is 711 g/mol. The number of amides is 2. The Morgan fingerprint density at radius 3 is 2.12 bits per heavy atom. The van der Waals surface area contributed by atoms with Gasteiger partial charge in [-0.3, -0.25) is 24.6 Å². The summed E-state index contributed by atoms with van der Waals surface area (Å²) in [7, 11) is 0. The Morgan fingerprint density at radius 2 is 1.40 bits per heavy atom. The van der Waals surface area contributed by atoms with E-state index in [9.17, 15) is 9.90 Å². The molecule has 4 heterocycles. The van der Waals surface area contributed by atoms with Gasteiger partial charge in [0.1, 0.15) is 17.6 Å². The number of ether oxygens (including phenoxy) is 1. The van der Waals surface area contributed by atoms with Crippen LogP contribution < -0.4 is 16.0 Å². The highest BCUT2D eigenvalue weighted by Gasteiger charge is 2.77. The van der Waals surface area contributed by atoms with Gasteiger partial charge < -0.3 is 20.5 Å². The second-order valence-corrected chi connectivity index (χ2v) is 19.4. The molecular weight excluding hydrogens is 649 g/mol. The van der Waals surface area contributed by atoms with Crippen molar-refractivity contribution in [2.24, 2.45) is 35.0 Å². The quantitative estimate of drug-likeness (QED) is 0.281. The minimum atomic E-state index is -0.990. The monoisotopic (exact) mass is 710 g/mol. The van der Waals surface area contributed by atoms with Crippen LogP contribution in [0.3, 0.4) is 0 Å². The number of nitrogens with one attached hydrogen (secondary N) is 3. The van der Waals surface area contributed by atoms with Crippen molar-refractivity contribution in [1.82, 2.24) is 20.9 Å². The van der Waals surface area contributed by atoms with Crippen molar-refractivity contribution in [3.8, 4) is 0 Å². The fourth-order valence-electron chi connectivity index (χ4n) is 13.6. The number of rotatable bonds is 5. The first kappa shape index (κ1) is 34.4. The van der Waals surface area contributed by atoms with Gasteiger partial charge in [-0.2, -0.15) is 0 Å². The fraction of sp³-hybridized carbons (Fsp3) is 0.925. The summed E-state index contributed by atoms with van der Waals surface area (Å²) in [6.45, 7) is 0. The van der Waals surface area contributed by atoms with Gasteiger partial charge in [0.2, 0.25) is 11.8 Å². The average Bonchev–Trinajstić information content (AvgIpc) is 3.79. The maximum Gasteiger partial charge on any atom is 0.324 e. The van der Waals surface area contributed by atoms with Gasteiger partial charge in [-0.05, 0) is 101 Å². The predicted octanol–water partition coefficient (Wildman–Crippen LogP) is 5.38. The standard InChI is InChI=1S/C40H62N4O5S/c45-26-21-19-25(20-22-26)35-40(27-15-7-8-16-28(27)41-38(40)48)31(36(46)43-39-42-29-17-9-10-18-30(29)50-39)33-37(47)49-34(24-13-5-2-6-14-24)32(44(33)35)23-11-3-1-4-12-23/h23-35,39,42,45H,1-22H2,(H,41,48)(H,43,46)/t25?,26?,27?,28?,29?,30?,31-,32?,33-,34?,35?,39?,40-/m1/s1. The molecule has 1 spiro atoms. The van der Waals surface area contributed by atoms with Gasteiger partial charge in [0, 0.05) is 23.4 Å². The van der Waals surface area contributed by atoms with Crippen LogP contribution in [0, 0.1) is 35.0 Å². The van der Waals surface area contributed by atoms with Crippen molar-refractivity contribution in [3.05, 3.63) is 0 Å². The molecule has 9 nitrogen and oxygen atoms in total. The van der Waals surface area contributed by atoms with E-state index < -0.39 is 17.4 Å². The first-order valence-corrected chi connectivity index (χ1v) is 22.1. The van der Waals surface area contributed by atoms with Crippen LogP contribution in [0.4, 0.5) is 0 Å². The first-order valence-electron chi connectivity index (χ1n) is 21.1. The summed E-state index contributed by atoms with van der Waals surface area (Å²) in [5.41, 5.74) is -1.20. The largest absolute Gasteiger partial charge is 0.459 e. The van der Waals surface area contributed by atoms with Crippen LogP contribution >= 0.6 is 11.8 Å². The van der Waals surface area contributed by atoms with Crippen LogP contribution in [0.2, 0.25) is 0 Å². The maximum atomic E-state index is 15.3. The van der Waals surface area contributed by atoms with Crippen molar-refractivity contribution in [1.29, 1.82) is 0 Å². The van der Waals surface area contributed by atoms with E-state index in [2.05, 4.69) is 20.9 Å². The predicted molar refractivity (Wildman–Crippen MR) is 193 cm³/mol. The van der Waals surface area contributed by atoms with E-state index in [1.807, 2.05) is 11.8 Å². The molecule has 4 aliphatic heterocycles. The van der Waals surface area contributed by atoms with E-state index in [4.69, 9.17) is 4.74 Å². The van der Waals surface area contributed by atoms with E-state index in [1.165, 1.54) is 51.4 Å². The molecule has 5 saturated carbocycles. The van der Waals surface area contributed by atoms with Crippen molar-refractivity contribution < 1.29 is 24.2 Å². The molecule has 278 valence electrons. The molecule has 8 unspecified atom stereocenters. The summed E-state index contributed by atoms with van der Waals surface area (Å²) in [4.78, 5) is 48.1. The molecule has 9 fully saturated rings. The number of cyclic esters (lactones) is 1. The molecule has 0 radical (unpaired) electrons. The summed E-state index contributed by atoms with van der Waals surface area (Å²) in [5, 5.41) is 22.0. The zero-order valence-corrected chi connectivity index (χ0v) is 30.9. The lowest BCUT2D eigenvalue weighted by Gasteiger charge is -2.54. The van der Waals surface area contributed by atoms with Gasteiger partial charge in [0.15, 0.2) is 0 Å². The zero-order valence-electron chi connectivity index (χ0n) is 30.1. The Balaban J connectivity index is 1.18. The van der Waals surface area contributed by atoms with E-state index in [0.29, 0.717) is 23.1 Å². The number of thioether (sulfide) groups is 1. The third kappa shape index (κ3) is 5.69. The Morgan fingerprint density at radius 1 is 0.760 bits per heavy atom. The molecule has 10 heteroatoms. The molecule has 0 bridgehead atoms. The number of hydrogen-bond acceptors (Lipinski definition) is 8. The van der Waals surface area contributed by atoms with Crippen molar-refractivity contribution in [2.45, 2.75) is 194 Å². The normalized spacial score (nSPS) is 47.3. The van der Waals surface area contributed by atoms with E-state index in [0.717, 1.165) is 89.9 Å². The lowest BCUT2D eigenvalue weighted by atomic mass is 9.56. The van der Waals surface area contributed by atoms with Gasteiger partial charge in [0.05, 0.1) is 23.5 Å². The van der Waals surface area contributed by atoms with E-state index in [-0.39, 0.29) is 65.5 Å². The van der Waals surface area contributed by atoms with Gasteiger partial charge >= 0.3 is 5.97 Å². The lowest BCUT2D eigenvalue weighted by molar-refractivity contribution is -0.190. The minimum absolute atomic E-state index is 0.0154. The first-order chi connectivity index (χ1) is 24.4. The molecule has 11 atom stereocenters. The Bertz CT molecular complexity index is 1270. The molecule has 5 aliphatic carbocycles. The number of hydrogen-bond donors (Lipinski definition) is 4. The molecule has 9 aliphatic rings. The third-order valence-corrected chi connectivity index (χ3v) is 17.0. The van der Waals surface area contributed by atoms with Gasteiger partial charge in [-0.15, -0.1) is 11.8 Å². The molecular formula is C40H62N4O5S. The molecule has 4 saturated heterocycles. The SMILES string of the molecule is O=C1OC(C2CCCCC2)C(C2CCCCC2)N2C(C3CCC(O)CC3)[C@]3(C(=O)NC4CCCCC43)[C@@H](C(=O)NC3NC4CCCCC4S3)[C@H]12. The number of nitrogens with zero attached hydrogens (tertiary/aromatic N) is 1. The summed E-state index contributed by atoms with van der Waals surface area (Å²) in [5.74, 6) is -0.257. The van der Waals surface area contributed by atoms with Gasteiger partial charge in [0.25, 0.3) is 0 Å². The summed E-state index contributed by atoms with van der Waals surface area (Å²) >= 11 is 1.84. The van der Waals surface area contributed by atoms with Crippen molar-refractivity contribution in [2.75, 3.05) is 0 Å². The van der Waals surface area contributed by atoms with Crippen molar-refractivity contribution in [3.63, 3.8) is 0 Å². The number of fused-ring (bicyclic) bond motifs is 4. The highest BCUT2D eigenvalue weighted by molar-refractivity contribution is 8.00. The van der Waals surface area contributed by atoms with Gasteiger partial charge in [-0.25, -0.2) is 0 Å². The second-order valence-electron chi connectivity index (χ2n) is 18.1. The Labute approximate surface area is 303 Å². The highest BCUT2D eigenvalue weighted by atomic mass is 32.2. The summed E-state index contributed by atoms with van der Waals surface area (Å²) < 4.78 is 6.81. The number of aliphatic hydroxyl groups is 1. The lowest BCUT2D eigenvalue weighted by Crippen LogP contribution is -2.66. The summed E-state index contributed by atoms with van der Waals surface area (Å²) in [6, 6.07) is -0.478. The van der Waals surface area contributed by atoms with E-state index in [1.54, 1.807) is 0 Å². The zero-order chi connectivity index (χ0) is 34.0. The topological polar surface area (TPSA) is 120 Å². The Kier molecular flexibility index (Phi) is 9.72. The number of carbonyl (C=O) groups excluding carboxylic acids is 3. The number of aliphatic hydroxyl groups excluding tert-OH is 1. The number of esters is 1. The van der Waals surface area contributed by atoms with Gasteiger partial charge in [-0.1, -0.05) is 64.2 Å². The van der Waals surface area contributed by atoms with Crippen LogP contribution in [-0.4, -0.2) is 81.0 Å². The molecule has 50 heavy (non-hydrogen) atoms. The highest BCUT2D eigenvalue weighted by Crippen LogP contribution is 2.63. The second kappa shape index (κ2) is 14.1. The van der Waals surface area contributed by atoms with E-state index >= 15 is 9.59 Å². The number of carbonyl (C=O) groups is 3. The molecule has 9 rings (SSSR count). The molecule has 2 amide bonds. The molecule has 0 aromatic carbocycles. The summed E-state index contributed by atoms with van der Waals surface area (Å²) in [6.07, 6.45) is 23.0. The van der Waals surface area contributed by atoms with Crippen LogP contribution in [-0.2, 0) is 19.1 Å². The van der Waals surface area contributed by atoms with Crippen LogP contribution in [0.1, 0.15) is 141 Å². The maximum absolute atomic E-state index is 15.3. The Hall–Kier alpha value is -1.36. The smallest absolute Gasteiger partial charge is 0.324 e. The van der Waals surface area contributed by atoms with Crippen molar-refractivity contribution >= 4 is 29.5 Å². The van der Waals surface area contributed by atoms with Crippen LogP contribution in [0.15, 0.2) is 0 Å². The third-order valence-electron chi connectivity index (χ3n) is 15.6. The number of morpholine rings is 1. The molecule has 0 aromatic heterocycles. The van der Waals surface area contributed by atoms with Crippen LogP contribution in [0.5, 0.6) is 0 Å². The molecule has 0 aromatic rings.